The number of rotatable bonds is 5. The summed E-state index contributed by atoms with van der Waals surface area (Å²) in [5, 5.41) is 3.68. The molecule has 2 atom stereocenters. The van der Waals surface area contributed by atoms with Gasteiger partial charge in [-0.3, -0.25) is 0 Å². The predicted octanol–water partition coefficient (Wildman–Crippen LogP) is 3.05. The van der Waals surface area contributed by atoms with Gasteiger partial charge >= 0.3 is 0 Å². The Morgan fingerprint density at radius 2 is 1.95 bits per heavy atom. The van der Waals surface area contributed by atoms with Gasteiger partial charge in [0, 0.05) is 39.0 Å². The third-order valence-corrected chi connectivity index (χ3v) is 4.11. The van der Waals surface area contributed by atoms with Crippen molar-refractivity contribution in [2.75, 3.05) is 25.6 Å². The maximum atomic E-state index is 5.82. The topological polar surface area (TPSA) is 24.5 Å². The van der Waals surface area contributed by atoms with Crippen LogP contribution in [0, 0.1) is 5.92 Å². The average Bonchev–Trinajstić information content (AvgIpc) is 2.46. The van der Waals surface area contributed by atoms with Crippen molar-refractivity contribution >= 4 is 5.69 Å². The zero-order valence-electron chi connectivity index (χ0n) is 13.2. The van der Waals surface area contributed by atoms with Gasteiger partial charge < -0.3 is 15.0 Å². The van der Waals surface area contributed by atoms with Crippen LogP contribution in [0.15, 0.2) is 24.3 Å². The van der Waals surface area contributed by atoms with Gasteiger partial charge in [-0.15, -0.1) is 0 Å². The molecule has 0 aromatic heterocycles. The highest BCUT2D eigenvalue weighted by Gasteiger charge is 2.24. The van der Waals surface area contributed by atoms with Crippen molar-refractivity contribution in [2.24, 2.45) is 5.92 Å². The van der Waals surface area contributed by atoms with E-state index in [1.165, 1.54) is 11.3 Å². The van der Waals surface area contributed by atoms with E-state index in [-0.39, 0.29) is 0 Å². The lowest BCUT2D eigenvalue weighted by Crippen LogP contribution is -2.40. The fourth-order valence-electron chi connectivity index (χ4n) is 2.65. The monoisotopic (exact) mass is 276 g/mol. The summed E-state index contributed by atoms with van der Waals surface area (Å²) in [5.41, 5.74) is 2.60. The van der Waals surface area contributed by atoms with Crippen molar-refractivity contribution in [3.8, 4) is 0 Å². The first-order valence-corrected chi connectivity index (χ1v) is 7.67. The van der Waals surface area contributed by atoms with E-state index < -0.39 is 0 Å². The van der Waals surface area contributed by atoms with E-state index in [0.717, 1.165) is 26.0 Å². The van der Waals surface area contributed by atoms with Crippen LogP contribution in [-0.4, -0.2) is 32.8 Å². The largest absolute Gasteiger partial charge is 0.378 e. The molecule has 0 spiro atoms. The zero-order valence-corrected chi connectivity index (χ0v) is 13.2. The molecule has 0 bridgehead atoms. The standard InChI is InChI=1S/C17H28N2O/c1-13(2)17-11-15(9-10-20-17)18-12-14-5-7-16(8-6-14)19(3)4/h5-8,13,15,17-18H,9-12H2,1-4H3. The van der Waals surface area contributed by atoms with Crippen molar-refractivity contribution in [1.82, 2.24) is 5.32 Å². The molecule has 2 rings (SSSR count). The molecule has 0 amide bonds. The Bertz CT molecular complexity index is 400. The minimum atomic E-state index is 0.414. The summed E-state index contributed by atoms with van der Waals surface area (Å²) < 4.78 is 5.82. The summed E-state index contributed by atoms with van der Waals surface area (Å²) >= 11 is 0. The molecule has 3 heteroatoms. The minimum absolute atomic E-state index is 0.414. The molecule has 1 aliphatic rings. The van der Waals surface area contributed by atoms with E-state index in [4.69, 9.17) is 4.74 Å². The summed E-state index contributed by atoms with van der Waals surface area (Å²) in [6, 6.07) is 9.36. The molecular weight excluding hydrogens is 248 g/mol. The summed E-state index contributed by atoms with van der Waals surface area (Å²) in [7, 11) is 4.14. The predicted molar refractivity (Wildman–Crippen MR) is 85.2 cm³/mol. The molecular formula is C17H28N2O. The van der Waals surface area contributed by atoms with Gasteiger partial charge in [-0.2, -0.15) is 0 Å². The fraction of sp³-hybridized carbons (Fsp3) is 0.647. The lowest BCUT2D eigenvalue weighted by Gasteiger charge is -2.32. The number of hydrogen-bond donors (Lipinski definition) is 1. The van der Waals surface area contributed by atoms with Crippen LogP contribution < -0.4 is 10.2 Å². The molecule has 112 valence electrons. The second kappa shape index (κ2) is 7.09. The van der Waals surface area contributed by atoms with Crippen LogP contribution in [0.25, 0.3) is 0 Å². The van der Waals surface area contributed by atoms with E-state index in [0.29, 0.717) is 18.1 Å². The second-order valence-electron chi connectivity index (χ2n) is 6.32. The number of ether oxygens (including phenoxy) is 1. The van der Waals surface area contributed by atoms with Crippen LogP contribution in [0.2, 0.25) is 0 Å². The van der Waals surface area contributed by atoms with Gasteiger partial charge in [0.05, 0.1) is 6.10 Å². The molecule has 1 aromatic carbocycles. The van der Waals surface area contributed by atoms with Crippen LogP contribution >= 0.6 is 0 Å². The number of nitrogens with one attached hydrogen (secondary N) is 1. The third kappa shape index (κ3) is 4.22. The summed E-state index contributed by atoms with van der Waals surface area (Å²) in [5.74, 6) is 0.610. The minimum Gasteiger partial charge on any atom is -0.378 e. The van der Waals surface area contributed by atoms with Gasteiger partial charge in [0.25, 0.3) is 0 Å². The number of nitrogens with zero attached hydrogens (tertiary/aromatic N) is 1. The van der Waals surface area contributed by atoms with Crippen molar-refractivity contribution in [2.45, 2.75) is 45.4 Å². The first-order valence-electron chi connectivity index (χ1n) is 7.67. The number of hydrogen-bond acceptors (Lipinski definition) is 3. The van der Waals surface area contributed by atoms with Crippen LogP contribution in [0.5, 0.6) is 0 Å². The van der Waals surface area contributed by atoms with E-state index in [9.17, 15) is 0 Å². The Hall–Kier alpha value is -1.06. The maximum Gasteiger partial charge on any atom is 0.0612 e. The van der Waals surface area contributed by atoms with E-state index in [2.05, 4.69) is 62.4 Å². The molecule has 2 unspecified atom stereocenters. The van der Waals surface area contributed by atoms with Gasteiger partial charge in [-0.05, 0) is 36.5 Å². The van der Waals surface area contributed by atoms with Crippen molar-refractivity contribution in [3.05, 3.63) is 29.8 Å². The van der Waals surface area contributed by atoms with Crippen LogP contribution in [0.4, 0.5) is 5.69 Å². The molecule has 1 saturated heterocycles. The highest BCUT2D eigenvalue weighted by atomic mass is 16.5. The molecule has 0 saturated carbocycles. The quantitative estimate of drug-likeness (QED) is 0.894. The van der Waals surface area contributed by atoms with Crippen molar-refractivity contribution < 1.29 is 4.74 Å². The van der Waals surface area contributed by atoms with Gasteiger partial charge in [0.2, 0.25) is 0 Å². The van der Waals surface area contributed by atoms with E-state index in [1.54, 1.807) is 0 Å². The summed E-state index contributed by atoms with van der Waals surface area (Å²) in [6.07, 6.45) is 2.67. The molecule has 1 aliphatic heterocycles. The highest BCUT2D eigenvalue weighted by Crippen LogP contribution is 2.20. The molecule has 1 aromatic rings. The first kappa shape index (κ1) is 15.3. The first-order chi connectivity index (χ1) is 9.56. The van der Waals surface area contributed by atoms with Gasteiger partial charge in [0.1, 0.15) is 0 Å². The van der Waals surface area contributed by atoms with Gasteiger partial charge in [-0.1, -0.05) is 26.0 Å². The SMILES string of the molecule is CC(C)C1CC(NCc2ccc(N(C)C)cc2)CCO1. The third-order valence-electron chi connectivity index (χ3n) is 4.11. The van der Waals surface area contributed by atoms with Gasteiger partial charge in [-0.25, -0.2) is 0 Å². The van der Waals surface area contributed by atoms with E-state index in [1.807, 2.05) is 0 Å². The Labute approximate surface area is 123 Å². The summed E-state index contributed by atoms with van der Waals surface area (Å²) in [4.78, 5) is 2.13. The Balaban J connectivity index is 1.82. The summed E-state index contributed by atoms with van der Waals surface area (Å²) in [6.45, 7) is 6.32. The molecule has 1 heterocycles. The molecule has 20 heavy (non-hydrogen) atoms. The Kier molecular flexibility index (Phi) is 5.44. The molecule has 3 nitrogen and oxygen atoms in total. The Morgan fingerprint density at radius 1 is 1.25 bits per heavy atom. The lowest BCUT2D eigenvalue weighted by atomic mass is 9.95. The van der Waals surface area contributed by atoms with Crippen LogP contribution in [0.1, 0.15) is 32.3 Å². The number of benzene rings is 1. The zero-order chi connectivity index (χ0) is 14.5. The molecule has 1 N–H and O–H groups in total. The fourth-order valence-corrected chi connectivity index (χ4v) is 2.65. The molecule has 0 aliphatic carbocycles. The highest BCUT2D eigenvalue weighted by molar-refractivity contribution is 5.45. The van der Waals surface area contributed by atoms with Crippen LogP contribution in [-0.2, 0) is 11.3 Å². The number of anilines is 1. The Morgan fingerprint density at radius 3 is 2.55 bits per heavy atom. The normalized spacial score (nSPS) is 23.1. The smallest absolute Gasteiger partial charge is 0.0612 e. The van der Waals surface area contributed by atoms with Crippen molar-refractivity contribution in [1.29, 1.82) is 0 Å². The maximum absolute atomic E-state index is 5.82. The second-order valence-corrected chi connectivity index (χ2v) is 6.32. The molecule has 0 radical (unpaired) electrons. The molecule has 1 fully saturated rings. The lowest BCUT2D eigenvalue weighted by molar-refractivity contribution is -0.0245. The van der Waals surface area contributed by atoms with Crippen molar-refractivity contribution in [3.63, 3.8) is 0 Å². The van der Waals surface area contributed by atoms with E-state index >= 15 is 0 Å². The van der Waals surface area contributed by atoms with Crippen LogP contribution in [0.3, 0.4) is 0 Å². The average molecular weight is 276 g/mol. The van der Waals surface area contributed by atoms with Gasteiger partial charge in [0.15, 0.2) is 0 Å².